The highest BCUT2D eigenvalue weighted by Crippen LogP contribution is 1.71. The first kappa shape index (κ1) is 9.92. The van der Waals surface area contributed by atoms with Crippen molar-refractivity contribution in [1.82, 2.24) is 10.7 Å². The van der Waals surface area contributed by atoms with Gasteiger partial charge in [0.25, 0.3) is 0 Å². The molecule has 0 heterocycles. The van der Waals surface area contributed by atoms with E-state index in [0.29, 0.717) is 6.54 Å². The highest BCUT2D eigenvalue weighted by atomic mass is 32.1. The number of carbonyl (C=O) groups is 1. The van der Waals surface area contributed by atoms with Crippen molar-refractivity contribution >= 4 is 23.4 Å². The number of nitrogens with two attached hydrogens (primary N) is 2. The fourth-order valence-electron chi connectivity index (χ4n) is 0.367. The predicted molar refractivity (Wildman–Crippen MR) is 43.5 cm³/mol. The minimum absolute atomic E-state index is 0.164. The fraction of sp³-hybridized carbons (Fsp3) is 0.500. The molecule has 64 valence electrons. The van der Waals surface area contributed by atoms with Gasteiger partial charge in [0.2, 0.25) is 0 Å². The number of amides is 1. The Morgan fingerprint density at radius 2 is 2.27 bits per heavy atom. The van der Waals surface area contributed by atoms with E-state index in [1.165, 1.54) is 0 Å². The third-order valence-corrected chi connectivity index (χ3v) is 1.03. The first-order valence-corrected chi connectivity index (χ1v) is 3.24. The van der Waals surface area contributed by atoms with E-state index in [1.54, 1.807) is 0 Å². The summed E-state index contributed by atoms with van der Waals surface area (Å²) in [5.74, 6) is 4.93. The van der Waals surface area contributed by atoms with Gasteiger partial charge in [-0.1, -0.05) is 0 Å². The van der Waals surface area contributed by atoms with Crippen molar-refractivity contribution in [2.45, 2.75) is 0 Å². The van der Waals surface area contributed by atoms with Crippen LogP contribution in [0.4, 0.5) is 4.79 Å². The zero-order valence-electron chi connectivity index (χ0n) is 5.79. The summed E-state index contributed by atoms with van der Waals surface area (Å²) in [7, 11) is 0. The Labute approximate surface area is 69.2 Å². The van der Waals surface area contributed by atoms with Crippen LogP contribution in [0.25, 0.3) is 0 Å². The molecule has 0 fully saturated rings. The van der Waals surface area contributed by atoms with Crippen LogP contribution in [0.1, 0.15) is 0 Å². The van der Waals surface area contributed by atoms with Gasteiger partial charge in [0.1, 0.15) is 6.61 Å². The van der Waals surface area contributed by atoms with E-state index in [9.17, 15) is 4.79 Å². The SMILES string of the molecule is NNC(=S)NCCOC(N)=O. The average Bonchev–Trinajstić information content (AvgIpc) is 1.97. The molecular weight excluding hydrogens is 168 g/mol. The summed E-state index contributed by atoms with van der Waals surface area (Å²) >= 11 is 4.62. The van der Waals surface area contributed by atoms with Gasteiger partial charge < -0.3 is 21.2 Å². The molecular formula is C4H10N4O2S. The summed E-state index contributed by atoms with van der Waals surface area (Å²) < 4.78 is 4.38. The number of primary amides is 1. The van der Waals surface area contributed by atoms with Crippen molar-refractivity contribution in [3.8, 4) is 0 Å². The largest absolute Gasteiger partial charge is 0.448 e. The number of rotatable bonds is 3. The molecule has 6 nitrogen and oxygen atoms in total. The molecule has 0 radical (unpaired) electrons. The van der Waals surface area contributed by atoms with Gasteiger partial charge in [-0.15, -0.1) is 0 Å². The van der Waals surface area contributed by atoms with Crippen LogP contribution in [0.3, 0.4) is 0 Å². The van der Waals surface area contributed by atoms with Crippen LogP contribution in [0.15, 0.2) is 0 Å². The van der Waals surface area contributed by atoms with E-state index in [1.807, 2.05) is 0 Å². The second-order valence-electron chi connectivity index (χ2n) is 1.57. The smallest absolute Gasteiger partial charge is 0.404 e. The summed E-state index contributed by atoms with van der Waals surface area (Å²) in [6.07, 6.45) is -0.807. The first-order valence-electron chi connectivity index (χ1n) is 2.83. The molecule has 0 aliphatic rings. The monoisotopic (exact) mass is 178 g/mol. The number of hydrazine groups is 1. The van der Waals surface area contributed by atoms with Crippen molar-refractivity contribution < 1.29 is 9.53 Å². The van der Waals surface area contributed by atoms with Crippen LogP contribution < -0.4 is 22.3 Å². The summed E-state index contributed by atoms with van der Waals surface area (Å²) in [5, 5.41) is 2.94. The number of nitrogens with one attached hydrogen (secondary N) is 2. The van der Waals surface area contributed by atoms with Crippen molar-refractivity contribution in [2.75, 3.05) is 13.2 Å². The molecule has 0 unspecified atom stereocenters. The Morgan fingerprint density at radius 1 is 1.64 bits per heavy atom. The molecule has 7 heteroatoms. The normalized spacial score (nSPS) is 8.45. The zero-order chi connectivity index (χ0) is 8.69. The lowest BCUT2D eigenvalue weighted by atomic mass is 10.7. The van der Waals surface area contributed by atoms with Crippen molar-refractivity contribution in [3.05, 3.63) is 0 Å². The standard InChI is InChI=1S/C4H10N4O2S/c5-3(9)10-2-1-7-4(11)8-6/h1-2,6H2,(H2,5,9)(H2,7,8,11). The number of thiocarbonyl (C=S) groups is 1. The third kappa shape index (κ3) is 6.81. The van der Waals surface area contributed by atoms with Crippen LogP contribution in [0.2, 0.25) is 0 Å². The molecule has 0 spiro atoms. The van der Waals surface area contributed by atoms with Crippen molar-refractivity contribution in [3.63, 3.8) is 0 Å². The Morgan fingerprint density at radius 3 is 2.73 bits per heavy atom. The molecule has 11 heavy (non-hydrogen) atoms. The van der Waals surface area contributed by atoms with Crippen LogP contribution in [0, 0.1) is 0 Å². The molecule has 0 rings (SSSR count). The second-order valence-corrected chi connectivity index (χ2v) is 1.98. The molecule has 0 aromatic carbocycles. The topological polar surface area (TPSA) is 102 Å². The zero-order valence-corrected chi connectivity index (χ0v) is 6.61. The van der Waals surface area contributed by atoms with Gasteiger partial charge in [-0.25, -0.2) is 10.6 Å². The number of hydrogen-bond acceptors (Lipinski definition) is 4. The van der Waals surface area contributed by atoms with Crippen LogP contribution in [-0.4, -0.2) is 24.4 Å². The minimum Gasteiger partial charge on any atom is -0.448 e. The molecule has 0 aliphatic heterocycles. The molecule has 0 atom stereocenters. The van der Waals surface area contributed by atoms with Gasteiger partial charge in [-0.05, 0) is 12.2 Å². The van der Waals surface area contributed by atoms with Gasteiger partial charge in [-0.2, -0.15) is 0 Å². The summed E-state index contributed by atoms with van der Waals surface area (Å²) in [5.41, 5.74) is 6.88. The second kappa shape index (κ2) is 5.69. The van der Waals surface area contributed by atoms with E-state index in [0.717, 1.165) is 0 Å². The highest BCUT2D eigenvalue weighted by molar-refractivity contribution is 7.80. The lowest BCUT2D eigenvalue weighted by Gasteiger charge is -2.05. The lowest BCUT2D eigenvalue weighted by molar-refractivity contribution is 0.159. The average molecular weight is 178 g/mol. The van der Waals surface area contributed by atoms with Gasteiger partial charge in [0.05, 0.1) is 6.54 Å². The molecule has 0 aromatic heterocycles. The minimum atomic E-state index is -0.807. The molecule has 0 saturated carbocycles. The van der Waals surface area contributed by atoms with Gasteiger partial charge in [0.15, 0.2) is 5.11 Å². The highest BCUT2D eigenvalue weighted by Gasteiger charge is 1.93. The number of ether oxygens (including phenoxy) is 1. The van der Waals surface area contributed by atoms with E-state index >= 15 is 0 Å². The van der Waals surface area contributed by atoms with Crippen LogP contribution in [0.5, 0.6) is 0 Å². The Kier molecular flexibility index (Phi) is 5.13. The van der Waals surface area contributed by atoms with Crippen LogP contribution >= 0.6 is 12.2 Å². The van der Waals surface area contributed by atoms with Crippen LogP contribution in [-0.2, 0) is 4.74 Å². The first-order chi connectivity index (χ1) is 5.16. The Bertz CT molecular complexity index is 151. The summed E-state index contributed by atoms with van der Waals surface area (Å²) in [4.78, 5) is 10.0. The quantitative estimate of drug-likeness (QED) is 0.180. The van der Waals surface area contributed by atoms with Crippen molar-refractivity contribution in [2.24, 2.45) is 11.6 Å². The Balaban J connectivity index is 3.14. The maximum Gasteiger partial charge on any atom is 0.404 e. The summed E-state index contributed by atoms with van der Waals surface area (Å²) in [6, 6.07) is 0. The molecule has 0 aromatic rings. The Hall–Kier alpha value is -1.08. The third-order valence-electron chi connectivity index (χ3n) is 0.763. The van der Waals surface area contributed by atoms with Gasteiger partial charge in [0, 0.05) is 0 Å². The lowest BCUT2D eigenvalue weighted by Crippen LogP contribution is -2.41. The van der Waals surface area contributed by atoms with E-state index < -0.39 is 6.09 Å². The molecule has 0 bridgehead atoms. The molecule has 0 aliphatic carbocycles. The van der Waals surface area contributed by atoms with Crippen molar-refractivity contribution in [1.29, 1.82) is 0 Å². The van der Waals surface area contributed by atoms with Gasteiger partial charge >= 0.3 is 6.09 Å². The maximum atomic E-state index is 10.0. The van der Waals surface area contributed by atoms with E-state index in [4.69, 9.17) is 5.84 Å². The predicted octanol–water partition coefficient (Wildman–Crippen LogP) is -1.58. The summed E-state index contributed by atoms with van der Waals surface area (Å²) in [6.45, 7) is 0.545. The van der Waals surface area contributed by atoms with E-state index in [-0.39, 0.29) is 11.7 Å². The fourth-order valence-corrected chi connectivity index (χ4v) is 0.469. The number of hydrogen-bond donors (Lipinski definition) is 4. The maximum absolute atomic E-state index is 10.0. The van der Waals surface area contributed by atoms with Gasteiger partial charge in [-0.3, -0.25) is 0 Å². The molecule has 6 N–H and O–H groups in total. The molecule has 1 amide bonds. The number of carbonyl (C=O) groups excluding carboxylic acids is 1. The molecule has 0 saturated heterocycles. The van der Waals surface area contributed by atoms with E-state index in [2.05, 4.69) is 33.4 Å².